The summed E-state index contributed by atoms with van der Waals surface area (Å²) in [7, 11) is 2.87. The highest BCUT2D eigenvalue weighted by Gasteiger charge is 2.49. The molecule has 0 unspecified atom stereocenters. The summed E-state index contributed by atoms with van der Waals surface area (Å²) in [6, 6.07) is 18.9. The molecule has 2 saturated heterocycles. The van der Waals surface area contributed by atoms with Gasteiger partial charge in [-0.05, 0) is 209 Å². The molecule has 4 aromatic carbocycles. The van der Waals surface area contributed by atoms with E-state index in [1.807, 2.05) is 53.4 Å². The number of hydrogen-bond acceptors (Lipinski definition) is 14. The van der Waals surface area contributed by atoms with Gasteiger partial charge in [-0.1, -0.05) is 75.4 Å². The molecule has 9 atom stereocenters. The van der Waals surface area contributed by atoms with Gasteiger partial charge in [0.2, 0.25) is 41.4 Å². The van der Waals surface area contributed by atoms with Gasteiger partial charge in [0.05, 0.1) is 17.8 Å². The van der Waals surface area contributed by atoms with Crippen LogP contribution in [0.5, 0.6) is 0 Å². The van der Waals surface area contributed by atoms with Gasteiger partial charge in [-0.2, -0.15) is 0 Å². The number of hydrogen-bond donors (Lipinski definition) is 6. The maximum atomic E-state index is 15.9. The first-order valence-corrected chi connectivity index (χ1v) is 37.5. The predicted octanol–water partition coefficient (Wildman–Crippen LogP) is 9.33. The van der Waals surface area contributed by atoms with Crippen molar-refractivity contribution in [2.24, 2.45) is 5.41 Å². The number of likely N-dealkylation sites (tertiary alicyclic amines) is 2. The number of rotatable bonds is 20. The second kappa shape index (κ2) is 33.0. The second-order valence-electron chi connectivity index (χ2n) is 32.0. The van der Waals surface area contributed by atoms with Crippen LogP contribution in [0.4, 0.5) is 15.3 Å². The van der Waals surface area contributed by atoms with E-state index < -0.39 is 123 Å². The topological polar surface area (TPSA) is 295 Å². The van der Waals surface area contributed by atoms with Gasteiger partial charge in [0.1, 0.15) is 47.5 Å². The molecule has 104 heavy (non-hydrogen) atoms. The molecule has 0 spiro atoms. The first kappa shape index (κ1) is 79.1. The minimum atomic E-state index is -1.35. The van der Waals surface area contributed by atoms with Crippen molar-refractivity contribution in [3.8, 4) is 0 Å². The minimum absolute atomic E-state index is 0.0117. The van der Waals surface area contributed by atoms with Crippen LogP contribution in [0.2, 0.25) is 0 Å². The lowest BCUT2D eigenvalue weighted by molar-refractivity contribution is -0.145. The van der Waals surface area contributed by atoms with Crippen LogP contribution in [0.25, 0.3) is 0 Å². The molecule has 5 aliphatic rings. The van der Waals surface area contributed by atoms with E-state index in [0.29, 0.717) is 37.2 Å². The monoisotopic (exact) mass is 1450 g/mol. The standard InChI is InChI=1S/C79H107N11O13S/c1-47(86(14)74(100)102-77(6,7)8)66(92)84-64(76(3,4)5)72(98)90-45-56(43-62(90)71(97)83-60-32-24-28-50-26-18-20-30-58(50)60)81-69(95)52-35-33-51(34-36-52)68(94)80-55-38-37-53-42-61(70(96)82-59-31-23-27-49-25-17-19-29-57(49)59)89(44-54(53)41-55)73(99)65(79(12,13)104-46-63(91)88-39-21-16-22-40-88)85-67(93)48(2)87(15)75(101)103-78(9,10)11/h17-20,25-26,29-30,33-38,41,47-48,56,59-62,64-65H,16,21-24,27-28,31-32,39-40,42-46H2,1-15H3,(H,80,94)(H,81,95)(H,82,96)(H,83,97)(H,84,92)(H,85,93)/t47-,48-,56-,59+,60+,61-,62-,64+,65+/m0/s1. The minimum Gasteiger partial charge on any atom is -0.444 e. The van der Waals surface area contributed by atoms with Crippen molar-refractivity contribution >= 4 is 82.8 Å². The normalized spacial score (nSPS) is 20.1. The SMILES string of the molecule is C[C@@H](C(=O)N[C@H](C(=O)N1C[C@@H](NC(=O)c2ccc(C(=O)Nc3ccc4c(c3)CN(C(=O)[C@@H](NC(=O)[C@H](C)N(C)C(=O)OC(C)(C)C)C(C)(C)SCC(=O)N3CCCCC3)[C@H](C(=O)N[C@@H]3CCCc5ccccc53)C4)cc2)C[C@H]1C(=O)N[C@@H]1CCCc2ccccc21)C(C)(C)C)N(C)C(=O)OC(C)(C)C. The van der Waals surface area contributed by atoms with E-state index >= 15 is 14.4 Å². The van der Waals surface area contributed by atoms with E-state index in [2.05, 4.69) is 38.0 Å². The number of fused-ring (bicyclic) bond motifs is 3. The summed E-state index contributed by atoms with van der Waals surface area (Å²) in [6.45, 7) is 23.3. The zero-order valence-electron chi connectivity index (χ0n) is 63.1. The lowest BCUT2D eigenvalue weighted by atomic mass is 9.85. The molecule has 562 valence electrons. The summed E-state index contributed by atoms with van der Waals surface area (Å²) in [5, 5.41) is 18.4. The Morgan fingerprint density at radius 3 is 1.56 bits per heavy atom. The van der Waals surface area contributed by atoms with Crippen molar-refractivity contribution in [3.05, 3.63) is 136 Å². The molecule has 9 rings (SSSR count). The Kier molecular flexibility index (Phi) is 25.1. The molecule has 4 aromatic rings. The molecule has 6 N–H and O–H groups in total. The number of piperidine rings is 1. The summed E-state index contributed by atoms with van der Waals surface area (Å²) in [5.41, 5.74) is 3.77. The number of amides is 11. The van der Waals surface area contributed by atoms with Crippen molar-refractivity contribution in [2.75, 3.05) is 44.8 Å². The quantitative estimate of drug-likeness (QED) is 0.0481. The van der Waals surface area contributed by atoms with Gasteiger partial charge in [-0.15, -0.1) is 11.8 Å². The summed E-state index contributed by atoms with van der Waals surface area (Å²) in [4.78, 5) is 165. The van der Waals surface area contributed by atoms with Gasteiger partial charge >= 0.3 is 12.2 Å². The Hall–Kier alpha value is -9.00. The molecule has 0 aromatic heterocycles. The van der Waals surface area contributed by atoms with Crippen LogP contribution < -0.4 is 31.9 Å². The number of nitrogens with zero attached hydrogens (tertiary/aromatic N) is 5. The maximum absolute atomic E-state index is 15.9. The van der Waals surface area contributed by atoms with Crippen LogP contribution in [0.3, 0.4) is 0 Å². The number of likely N-dealkylation sites (N-methyl/N-ethyl adjacent to an activating group) is 2. The van der Waals surface area contributed by atoms with Crippen molar-refractivity contribution in [2.45, 2.75) is 238 Å². The molecular weight excluding hydrogens is 1340 g/mol. The molecule has 0 radical (unpaired) electrons. The summed E-state index contributed by atoms with van der Waals surface area (Å²) >= 11 is 1.22. The first-order chi connectivity index (χ1) is 48.9. The van der Waals surface area contributed by atoms with E-state index in [-0.39, 0.29) is 60.8 Å². The third kappa shape index (κ3) is 19.7. The van der Waals surface area contributed by atoms with Gasteiger partial charge in [0.15, 0.2) is 0 Å². The number of ether oxygens (including phenoxy) is 2. The van der Waals surface area contributed by atoms with E-state index in [0.717, 1.165) is 82.6 Å². The van der Waals surface area contributed by atoms with Crippen molar-refractivity contribution in [1.82, 2.24) is 51.1 Å². The van der Waals surface area contributed by atoms with Crippen LogP contribution in [-0.2, 0) is 68.8 Å². The molecule has 3 heterocycles. The average molecular weight is 1450 g/mol. The van der Waals surface area contributed by atoms with Crippen LogP contribution in [0.15, 0.2) is 91.0 Å². The molecule has 25 heteroatoms. The second-order valence-corrected chi connectivity index (χ2v) is 33.7. The molecule has 2 aliphatic carbocycles. The van der Waals surface area contributed by atoms with Crippen molar-refractivity contribution < 1.29 is 62.2 Å². The lowest BCUT2D eigenvalue weighted by Crippen LogP contribution is -2.64. The largest absolute Gasteiger partial charge is 0.444 e. The van der Waals surface area contributed by atoms with Crippen LogP contribution in [-0.4, -0.2) is 188 Å². The highest BCUT2D eigenvalue weighted by atomic mass is 32.2. The number of carbonyl (C=O) groups excluding carboxylic acids is 11. The number of nitrogens with one attached hydrogen (secondary N) is 6. The zero-order chi connectivity index (χ0) is 75.9. The van der Waals surface area contributed by atoms with Crippen LogP contribution >= 0.6 is 11.8 Å². The fourth-order valence-electron chi connectivity index (χ4n) is 14.1. The Morgan fingerprint density at radius 1 is 0.548 bits per heavy atom. The van der Waals surface area contributed by atoms with Gasteiger partial charge in [0.25, 0.3) is 11.8 Å². The highest BCUT2D eigenvalue weighted by molar-refractivity contribution is 8.01. The Bertz CT molecular complexity index is 3870. The number of benzene rings is 4. The van der Waals surface area contributed by atoms with Crippen LogP contribution in [0.1, 0.15) is 208 Å². The summed E-state index contributed by atoms with van der Waals surface area (Å²) in [5.74, 6) is -4.38. The Labute approximate surface area is 616 Å². The van der Waals surface area contributed by atoms with E-state index in [1.165, 1.54) is 73.8 Å². The third-order valence-electron chi connectivity index (χ3n) is 20.4. The lowest BCUT2D eigenvalue weighted by Gasteiger charge is -2.43. The van der Waals surface area contributed by atoms with E-state index in [9.17, 15) is 38.4 Å². The predicted molar refractivity (Wildman–Crippen MR) is 398 cm³/mol. The summed E-state index contributed by atoms with van der Waals surface area (Å²) in [6.07, 6.45) is 6.20. The number of carbonyl (C=O) groups is 11. The smallest absolute Gasteiger partial charge is 0.410 e. The molecule has 24 nitrogen and oxygen atoms in total. The fourth-order valence-corrected chi connectivity index (χ4v) is 15.1. The number of thioether (sulfide) groups is 1. The Balaban J connectivity index is 0.938. The number of anilines is 1. The molecule has 0 saturated carbocycles. The van der Waals surface area contributed by atoms with Gasteiger partial charge in [-0.3, -0.25) is 53.0 Å². The molecule has 2 fully saturated rings. The highest BCUT2D eigenvalue weighted by Crippen LogP contribution is 2.37. The fraction of sp³-hybridized carbons (Fsp3) is 0.557. The Morgan fingerprint density at radius 2 is 1.04 bits per heavy atom. The maximum Gasteiger partial charge on any atom is 0.410 e. The third-order valence-corrected chi connectivity index (χ3v) is 21.7. The first-order valence-electron chi connectivity index (χ1n) is 36.5. The van der Waals surface area contributed by atoms with Crippen molar-refractivity contribution in [3.63, 3.8) is 0 Å². The molecule has 11 amide bonds. The van der Waals surface area contributed by atoms with E-state index in [4.69, 9.17) is 9.47 Å². The van der Waals surface area contributed by atoms with Crippen LogP contribution in [0, 0.1) is 5.41 Å². The van der Waals surface area contributed by atoms with E-state index in [1.54, 1.807) is 88.3 Å². The molecule has 3 aliphatic heterocycles. The van der Waals surface area contributed by atoms with Gasteiger partial charge in [-0.25, -0.2) is 9.59 Å². The summed E-state index contributed by atoms with van der Waals surface area (Å²) < 4.78 is 9.93. The zero-order valence-corrected chi connectivity index (χ0v) is 63.9. The van der Waals surface area contributed by atoms with Gasteiger partial charge in [0, 0.05) is 74.3 Å². The number of aryl methyl sites for hydroxylation is 2. The molecule has 0 bridgehead atoms. The van der Waals surface area contributed by atoms with Gasteiger partial charge < -0.3 is 56.1 Å². The average Bonchev–Trinajstić information content (AvgIpc) is 1.17. The van der Waals surface area contributed by atoms with Crippen molar-refractivity contribution in [1.29, 1.82) is 0 Å². The molecular formula is C79H107N11O13S.